The summed E-state index contributed by atoms with van der Waals surface area (Å²) in [5, 5.41) is 10.4. The van der Waals surface area contributed by atoms with E-state index in [0.717, 1.165) is 28.0 Å². The Labute approximate surface area is 180 Å². The van der Waals surface area contributed by atoms with Gasteiger partial charge in [-0.15, -0.1) is 10.2 Å². The van der Waals surface area contributed by atoms with Crippen molar-refractivity contribution in [2.24, 2.45) is 5.41 Å². The molecule has 0 spiro atoms. The van der Waals surface area contributed by atoms with Gasteiger partial charge in [-0.3, -0.25) is 4.79 Å². The molecule has 1 atom stereocenters. The van der Waals surface area contributed by atoms with Crippen LogP contribution in [0, 0.1) is 12.3 Å². The first-order valence-electron chi connectivity index (χ1n) is 9.36. The van der Waals surface area contributed by atoms with Crippen LogP contribution in [0.15, 0.2) is 58.9 Å². The van der Waals surface area contributed by atoms with Crippen molar-refractivity contribution < 1.29 is 13.2 Å². The lowest BCUT2D eigenvalue weighted by Gasteiger charge is -2.20. The lowest BCUT2D eigenvalue weighted by atomic mass is 9.96. The minimum atomic E-state index is -3.98. The van der Waals surface area contributed by atoms with Crippen molar-refractivity contribution in [3.63, 3.8) is 0 Å². The van der Waals surface area contributed by atoms with Gasteiger partial charge in [-0.1, -0.05) is 86.7 Å². The lowest BCUT2D eigenvalue weighted by Crippen LogP contribution is -2.30. The van der Waals surface area contributed by atoms with E-state index in [1.165, 1.54) is 0 Å². The molecule has 0 fully saturated rings. The van der Waals surface area contributed by atoms with E-state index in [1.54, 1.807) is 20.8 Å². The smallest absolute Gasteiger partial charge is 0.270 e. The average molecular weight is 445 g/mol. The van der Waals surface area contributed by atoms with E-state index < -0.39 is 21.5 Å². The highest BCUT2D eigenvalue weighted by atomic mass is 32.2. The Morgan fingerprint density at radius 2 is 1.63 bits per heavy atom. The highest BCUT2D eigenvalue weighted by molar-refractivity contribution is 7.91. The van der Waals surface area contributed by atoms with E-state index in [0.29, 0.717) is 0 Å². The fraction of sp³-hybridized carbons (Fsp3) is 0.286. The first-order chi connectivity index (χ1) is 14.1. The summed E-state index contributed by atoms with van der Waals surface area (Å²) in [6.07, 6.45) is 0. The van der Waals surface area contributed by atoms with Gasteiger partial charge in [-0.2, -0.15) is 4.72 Å². The maximum absolute atomic E-state index is 13.1. The van der Waals surface area contributed by atoms with Gasteiger partial charge in [-0.05, 0) is 23.6 Å². The van der Waals surface area contributed by atoms with Crippen molar-refractivity contribution in [1.82, 2.24) is 14.9 Å². The third-order valence-electron chi connectivity index (χ3n) is 4.44. The molecule has 0 bridgehead atoms. The Kier molecular flexibility index (Phi) is 6.35. The third kappa shape index (κ3) is 5.10. The molecule has 2 N–H and O–H groups in total. The van der Waals surface area contributed by atoms with E-state index in [2.05, 4.69) is 20.2 Å². The second-order valence-electron chi connectivity index (χ2n) is 7.90. The molecule has 0 radical (unpaired) electrons. The normalized spacial score (nSPS) is 13.1. The predicted molar refractivity (Wildman–Crippen MR) is 118 cm³/mol. The van der Waals surface area contributed by atoms with Crippen LogP contribution in [-0.4, -0.2) is 24.5 Å². The lowest BCUT2D eigenvalue weighted by molar-refractivity contribution is -0.123. The number of amides is 1. The maximum atomic E-state index is 13.1. The number of hydrogen-bond acceptors (Lipinski definition) is 6. The molecule has 0 saturated carbocycles. The van der Waals surface area contributed by atoms with E-state index >= 15 is 0 Å². The summed E-state index contributed by atoms with van der Waals surface area (Å²) in [6.45, 7) is 7.21. The number of benzene rings is 2. The molecule has 3 aromatic rings. The quantitative estimate of drug-likeness (QED) is 0.562. The molecule has 0 aliphatic heterocycles. The van der Waals surface area contributed by atoms with Gasteiger partial charge in [0.1, 0.15) is 0 Å². The van der Waals surface area contributed by atoms with Crippen molar-refractivity contribution in [2.45, 2.75) is 38.1 Å². The van der Waals surface area contributed by atoms with E-state index in [4.69, 9.17) is 0 Å². The number of aromatic nitrogens is 2. The molecule has 1 amide bonds. The molecular formula is C21H24N4O3S2. The Bertz CT molecular complexity index is 1140. The third-order valence-corrected chi connectivity index (χ3v) is 7.07. The molecule has 3 rings (SSSR count). The van der Waals surface area contributed by atoms with Crippen molar-refractivity contribution in [1.29, 1.82) is 0 Å². The highest BCUT2D eigenvalue weighted by Crippen LogP contribution is 2.29. The standard InChI is InChI=1S/C21H24N4O3S2/c1-14-10-8-9-13-16(14)17(15-11-6-5-7-12-15)25-30(27,28)20-24-23-19(29-20)22-18(26)21(2,3)4/h5-13,17,25H,1-4H3,(H,22,23,26)/t17-/m1/s1. The Morgan fingerprint density at radius 1 is 1.00 bits per heavy atom. The summed E-state index contributed by atoms with van der Waals surface area (Å²) in [5.74, 6) is -0.266. The number of carbonyl (C=O) groups excluding carboxylic acids is 1. The Hall–Kier alpha value is -2.62. The molecule has 7 nitrogen and oxygen atoms in total. The number of rotatable bonds is 6. The van der Waals surface area contributed by atoms with E-state index in [9.17, 15) is 13.2 Å². The molecule has 158 valence electrons. The minimum absolute atomic E-state index is 0.141. The first kappa shape index (κ1) is 22.1. The largest absolute Gasteiger partial charge is 0.300 e. The molecule has 0 aliphatic carbocycles. The zero-order chi connectivity index (χ0) is 21.9. The van der Waals surface area contributed by atoms with E-state index in [1.807, 2.05) is 61.5 Å². The fourth-order valence-corrected chi connectivity index (χ4v) is 4.84. The van der Waals surface area contributed by atoms with E-state index in [-0.39, 0.29) is 15.4 Å². The van der Waals surface area contributed by atoms with Crippen LogP contribution >= 0.6 is 11.3 Å². The molecule has 1 aromatic heterocycles. The average Bonchev–Trinajstić information content (AvgIpc) is 3.16. The van der Waals surface area contributed by atoms with Crippen LogP contribution < -0.4 is 10.0 Å². The molecule has 1 heterocycles. The van der Waals surface area contributed by atoms with Gasteiger partial charge in [0.2, 0.25) is 15.4 Å². The van der Waals surface area contributed by atoms with Crippen LogP contribution in [0.2, 0.25) is 0 Å². The summed E-state index contributed by atoms with van der Waals surface area (Å²) >= 11 is 0.816. The van der Waals surface area contributed by atoms with Gasteiger partial charge >= 0.3 is 0 Å². The molecule has 30 heavy (non-hydrogen) atoms. The predicted octanol–water partition coefficient (Wildman–Crippen LogP) is 3.90. The van der Waals surface area contributed by atoms with Crippen molar-refractivity contribution >= 4 is 32.4 Å². The topological polar surface area (TPSA) is 101 Å². The number of anilines is 1. The van der Waals surface area contributed by atoms with Crippen LogP contribution in [0.5, 0.6) is 0 Å². The molecule has 0 aliphatic rings. The van der Waals surface area contributed by atoms with Crippen LogP contribution in [0.3, 0.4) is 0 Å². The van der Waals surface area contributed by atoms with Gasteiger partial charge in [0.25, 0.3) is 10.0 Å². The monoisotopic (exact) mass is 444 g/mol. The minimum Gasteiger partial charge on any atom is -0.300 e. The van der Waals surface area contributed by atoms with Crippen molar-refractivity contribution in [3.05, 3.63) is 71.3 Å². The molecular weight excluding hydrogens is 420 g/mol. The fourth-order valence-electron chi connectivity index (χ4n) is 2.73. The Balaban J connectivity index is 1.91. The maximum Gasteiger partial charge on any atom is 0.270 e. The number of aryl methyl sites for hydroxylation is 1. The van der Waals surface area contributed by atoms with Gasteiger partial charge in [0, 0.05) is 5.41 Å². The molecule has 0 saturated heterocycles. The second kappa shape index (κ2) is 8.63. The summed E-state index contributed by atoms with van der Waals surface area (Å²) < 4.78 is 28.7. The summed E-state index contributed by atoms with van der Waals surface area (Å²) in [6, 6.07) is 16.4. The number of nitrogens with one attached hydrogen (secondary N) is 2. The molecule has 9 heteroatoms. The van der Waals surface area contributed by atoms with Crippen LogP contribution in [0.4, 0.5) is 5.13 Å². The summed E-state index contributed by atoms with van der Waals surface area (Å²) in [7, 11) is -3.98. The summed E-state index contributed by atoms with van der Waals surface area (Å²) in [4.78, 5) is 12.1. The van der Waals surface area contributed by atoms with Gasteiger partial charge < -0.3 is 5.32 Å². The van der Waals surface area contributed by atoms with Gasteiger partial charge in [0.05, 0.1) is 6.04 Å². The number of hydrogen-bond donors (Lipinski definition) is 2. The zero-order valence-corrected chi connectivity index (χ0v) is 18.8. The molecule has 2 aromatic carbocycles. The second-order valence-corrected chi connectivity index (χ2v) is 10.8. The SMILES string of the molecule is Cc1ccccc1[C@H](NS(=O)(=O)c1nnc(NC(=O)C(C)(C)C)s1)c1ccccc1. The number of sulfonamides is 1. The number of nitrogens with zero attached hydrogens (tertiary/aromatic N) is 2. The Morgan fingerprint density at radius 3 is 2.27 bits per heavy atom. The van der Waals surface area contributed by atoms with Crippen molar-refractivity contribution in [3.8, 4) is 0 Å². The highest BCUT2D eigenvalue weighted by Gasteiger charge is 2.28. The summed E-state index contributed by atoms with van der Waals surface area (Å²) in [5.41, 5.74) is 1.98. The van der Waals surface area contributed by atoms with Crippen LogP contribution in [0.1, 0.15) is 43.5 Å². The zero-order valence-electron chi connectivity index (χ0n) is 17.2. The first-order valence-corrected chi connectivity index (χ1v) is 11.7. The molecule has 0 unspecified atom stereocenters. The van der Waals surface area contributed by atoms with Crippen LogP contribution in [-0.2, 0) is 14.8 Å². The van der Waals surface area contributed by atoms with Gasteiger partial charge in [-0.25, -0.2) is 8.42 Å². The van der Waals surface area contributed by atoms with Crippen LogP contribution in [0.25, 0.3) is 0 Å². The van der Waals surface area contributed by atoms with Crippen molar-refractivity contribution in [2.75, 3.05) is 5.32 Å². The number of carbonyl (C=O) groups is 1. The van der Waals surface area contributed by atoms with Gasteiger partial charge in [0.15, 0.2) is 0 Å².